The average molecular weight is 408 g/mol. The van der Waals surface area contributed by atoms with E-state index in [1.807, 2.05) is 72.9 Å². The van der Waals surface area contributed by atoms with Crippen molar-refractivity contribution in [3.63, 3.8) is 0 Å². The number of rotatable bonds is 6. The Balaban J connectivity index is 1.68. The fourth-order valence-corrected chi connectivity index (χ4v) is 3.09. The highest BCUT2D eigenvalue weighted by atomic mass is 16.6. The third kappa shape index (κ3) is 4.36. The van der Waals surface area contributed by atoms with Crippen molar-refractivity contribution in [1.82, 2.24) is 9.78 Å². The van der Waals surface area contributed by atoms with Crippen LogP contribution in [0.5, 0.6) is 0 Å². The topological polar surface area (TPSA) is 109 Å². The van der Waals surface area contributed by atoms with E-state index in [2.05, 4.69) is 10.2 Å². The quantitative estimate of drug-likeness (QED) is 0.235. The number of nitriles is 1. The molecule has 1 aromatic heterocycles. The van der Waals surface area contributed by atoms with Gasteiger partial charge in [0, 0.05) is 23.4 Å². The summed E-state index contributed by atoms with van der Waals surface area (Å²) in [5.74, 6) is 0. The van der Waals surface area contributed by atoms with Gasteiger partial charge in [-0.1, -0.05) is 48.5 Å². The summed E-state index contributed by atoms with van der Waals surface area (Å²) >= 11 is 0. The SMILES string of the molecule is N#Cc1ccc(N=NCc2cn(-c3ccccc3)nc2-c2ccccc2)c([N+](=O)[O-])c1. The van der Waals surface area contributed by atoms with Crippen molar-refractivity contribution >= 4 is 11.4 Å². The molecule has 8 nitrogen and oxygen atoms in total. The van der Waals surface area contributed by atoms with Crippen LogP contribution in [0.3, 0.4) is 0 Å². The van der Waals surface area contributed by atoms with E-state index in [9.17, 15) is 10.1 Å². The van der Waals surface area contributed by atoms with Gasteiger partial charge in [0.25, 0.3) is 5.69 Å². The van der Waals surface area contributed by atoms with Crippen LogP contribution in [0.25, 0.3) is 16.9 Å². The summed E-state index contributed by atoms with van der Waals surface area (Å²) in [6.07, 6.45) is 1.88. The van der Waals surface area contributed by atoms with E-state index in [0.717, 1.165) is 22.5 Å². The molecule has 0 atom stereocenters. The van der Waals surface area contributed by atoms with E-state index < -0.39 is 4.92 Å². The van der Waals surface area contributed by atoms with Gasteiger partial charge in [0.15, 0.2) is 5.69 Å². The number of nitrogens with zero attached hydrogens (tertiary/aromatic N) is 6. The number of hydrogen-bond acceptors (Lipinski definition) is 6. The normalized spacial score (nSPS) is 10.8. The maximum absolute atomic E-state index is 11.3. The third-order valence-corrected chi connectivity index (χ3v) is 4.58. The van der Waals surface area contributed by atoms with Crippen LogP contribution in [0.1, 0.15) is 11.1 Å². The number of nitro groups is 1. The van der Waals surface area contributed by atoms with Gasteiger partial charge < -0.3 is 0 Å². The Morgan fingerprint density at radius 3 is 2.42 bits per heavy atom. The monoisotopic (exact) mass is 408 g/mol. The van der Waals surface area contributed by atoms with Crippen molar-refractivity contribution in [3.05, 3.63) is 106 Å². The fourth-order valence-electron chi connectivity index (χ4n) is 3.09. The molecule has 0 aliphatic carbocycles. The number of azo groups is 1. The Labute approximate surface area is 177 Å². The van der Waals surface area contributed by atoms with E-state index >= 15 is 0 Å². The van der Waals surface area contributed by atoms with Crippen molar-refractivity contribution < 1.29 is 4.92 Å². The molecular formula is C23H16N6O2. The Kier molecular flexibility index (Phi) is 5.58. The maximum atomic E-state index is 11.3. The summed E-state index contributed by atoms with van der Waals surface area (Å²) in [7, 11) is 0. The number of nitro benzene ring substituents is 1. The van der Waals surface area contributed by atoms with Crippen molar-refractivity contribution in [3.8, 4) is 23.0 Å². The van der Waals surface area contributed by atoms with Crippen molar-refractivity contribution in [2.24, 2.45) is 10.2 Å². The number of hydrogen-bond donors (Lipinski definition) is 0. The molecule has 31 heavy (non-hydrogen) atoms. The number of aromatic nitrogens is 2. The second-order valence-corrected chi connectivity index (χ2v) is 6.62. The summed E-state index contributed by atoms with van der Waals surface area (Å²) < 4.78 is 1.78. The van der Waals surface area contributed by atoms with Crippen LogP contribution in [0.2, 0.25) is 0 Å². The first-order valence-corrected chi connectivity index (χ1v) is 9.41. The molecule has 8 heteroatoms. The molecule has 0 radical (unpaired) electrons. The average Bonchev–Trinajstić information content (AvgIpc) is 3.24. The van der Waals surface area contributed by atoms with Crippen LogP contribution in [0.4, 0.5) is 11.4 Å². The van der Waals surface area contributed by atoms with Crippen molar-refractivity contribution in [2.45, 2.75) is 6.54 Å². The van der Waals surface area contributed by atoms with Crippen LogP contribution in [-0.2, 0) is 6.54 Å². The molecule has 0 N–H and O–H groups in total. The fraction of sp³-hybridized carbons (Fsp3) is 0.0435. The molecule has 0 fully saturated rings. The van der Waals surface area contributed by atoms with E-state index in [0.29, 0.717) is 0 Å². The van der Waals surface area contributed by atoms with Crippen LogP contribution in [-0.4, -0.2) is 14.7 Å². The smallest absolute Gasteiger partial charge is 0.258 e. The van der Waals surface area contributed by atoms with Crippen LogP contribution in [0.15, 0.2) is 95.3 Å². The largest absolute Gasteiger partial charge is 0.298 e. The van der Waals surface area contributed by atoms with Crippen molar-refractivity contribution in [2.75, 3.05) is 0 Å². The summed E-state index contributed by atoms with van der Waals surface area (Å²) in [5, 5.41) is 33.2. The summed E-state index contributed by atoms with van der Waals surface area (Å²) in [4.78, 5) is 10.7. The molecule has 0 aliphatic heterocycles. The van der Waals surface area contributed by atoms with Crippen LogP contribution < -0.4 is 0 Å². The molecule has 0 saturated heterocycles. The van der Waals surface area contributed by atoms with E-state index in [-0.39, 0.29) is 23.5 Å². The molecule has 150 valence electrons. The first-order valence-electron chi connectivity index (χ1n) is 9.41. The van der Waals surface area contributed by atoms with E-state index in [1.165, 1.54) is 18.2 Å². The lowest BCUT2D eigenvalue weighted by Crippen LogP contribution is -1.93. The van der Waals surface area contributed by atoms with E-state index in [1.54, 1.807) is 4.68 Å². The summed E-state index contributed by atoms with van der Waals surface area (Å²) in [5.41, 5.74) is 3.47. The van der Waals surface area contributed by atoms with Gasteiger partial charge in [-0.3, -0.25) is 10.1 Å². The zero-order valence-electron chi connectivity index (χ0n) is 16.3. The minimum atomic E-state index is -0.571. The second kappa shape index (κ2) is 8.80. The third-order valence-electron chi connectivity index (χ3n) is 4.58. The molecule has 0 amide bonds. The Morgan fingerprint density at radius 2 is 1.74 bits per heavy atom. The van der Waals surface area contributed by atoms with Gasteiger partial charge in [0.1, 0.15) is 0 Å². The predicted octanol–water partition coefficient (Wildman–Crippen LogP) is 5.60. The molecule has 0 saturated carbocycles. The molecular weight excluding hydrogens is 392 g/mol. The highest BCUT2D eigenvalue weighted by Gasteiger charge is 2.15. The minimum Gasteiger partial charge on any atom is -0.258 e. The maximum Gasteiger partial charge on any atom is 0.298 e. The van der Waals surface area contributed by atoms with Crippen LogP contribution in [0, 0.1) is 21.4 Å². The summed E-state index contributed by atoms with van der Waals surface area (Å²) in [6, 6.07) is 25.4. The molecule has 4 aromatic rings. The van der Waals surface area contributed by atoms with E-state index in [4.69, 9.17) is 10.4 Å². The molecule has 0 aliphatic rings. The molecule has 0 unspecified atom stereocenters. The predicted molar refractivity (Wildman–Crippen MR) is 115 cm³/mol. The highest BCUT2D eigenvalue weighted by molar-refractivity contribution is 5.63. The highest BCUT2D eigenvalue weighted by Crippen LogP contribution is 2.29. The standard InChI is InChI=1S/C23H16N6O2/c24-14-17-11-12-21(22(13-17)29(30)31)26-25-15-19-16-28(20-9-5-2-6-10-20)27-23(19)18-7-3-1-4-8-18/h1-13,16H,15H2. The Hall–Kier alpha value is -4.64. The van der Waals surface area contributed by atoms with Gasteiger partial charge in [-0.05, 0) is 24.3 Å². The second-order valence-electron chi connectivity index (χ2n) is 6.62. The Morgan fingerprint density at radius 1 is 1.03 bits per heavy atom. The lowest BCUT2D eigenvalue weighted by molar-refractivity contribution is -0.384. The van der Waals surface area contributed by atoms with Gasteiger partial charge in [-0.15, -0.1) is 5.11 Å². The van der Waals surface area contributed by atoms with Gasteiger partial charge in [-0.25, -0.2) is 4.68 Å². The lowest BCUT2D eigenvalue weighted by atomic mass is 10.1. The first-order chi connectivity index (χ1) is 15.2. The van der Waals surface area contributed by atoms with Gasteiger partial charge in [-0.2, -0.15) is 15.5 Å². The zero-order valence-corrected chi connectivity index (χ0v) is 16.3. The van der Waals surface area contributed by atoms with Crippen molar-refractivity contribution in [1.29, 1.82) is 5.26 Å². The molecule has 4 rings (SSSR count). The van der Waals surface area contributed by atoms with Crippen LogP contribution >= 0.6 is 0 Å². The number of para-hydroxylation sites is 1. The van der Waals surface area contributed by atoms with Gasteiger partial charge in [0.05, 0.1) is 34.5 Å². The molecule has 1 heterocycles. The first kappa shape index (κ1) is 19.7. The summed E-state index contributed by atoms with van der Waals surface area (Å²) in [6.45, 7) is 0.189. The minimum absolute atomic E-state index is 0.0979. The molecule has 0 spiro atoms. The van der Waals surface area contributed by atoms with Gasteiger partial charge in [0.2, 0.25) is 0 Å². The molecule has 3 aromatic carbocycles. The number of benzene rings is 3. The lowest BCUT2D eigenvalue weighted by Gasteiger charge is -2.00. The Bertz CT molecular complexity index is 1290. The molecule has 0 bridgehead atoms. The van der Waals surface area contributed by atoms with Gasteiger partial charge >= 0.3 is 0 Å². The zero-order chi connectivity index (χ0) is 21.6.